The Balaban J connectivity index is 2.41. The van der Waals surface area contributed by atoms with Crippen molar-refractivity contribution in [2.24, 2.45) is 5.73 Å². The predicted molar refractivity (Wildman–Crippen MR) is 45.9 cm³/mol. The fourth-order valence-electron chi connectivity index (χ4n) is 1.35. The van der Waals surface area contributed by atoms with E-state index in [9.17, 15) is 0 Å². The summed E-state index contributed by atoms with van der Waals surface area (Å²) in [5.74, 6) is 0. The van der Waals surface area contributed by atoms with Crippen LogP contribution in [0.15, 0.2) is 18.2 Å². The van der Waals surface area contributed by atoms with Crippen LogP contribution in [0.3, 0.4) is 0 Å². The van der Waals surface area contributed by atoms with Gasteiger partial charge in [0.1, 0.15) is 0 Å². The molecule has 11 heavy (non-hydrogen) atoms. The third-order valence-corrected chi connectivity index (χ3v) is 2.02. The van der Waals surface area contributed by atoms with E-state index in [0.29, 0.717) is 6.54 Å². The Hall–Kier alpha value is -0.795. The van der Waals surface area contributed by atoms with Crippen molar-refractivity contribution in [2.75, 3.05) is 0 Å². The number of hydrogen-bond acceptors (Lipinski definition) is 2. The van der Waals surface area contributed by atoms with Crippen LogP contribution in [0.1, 0.15) is 11.1 Å². The van der Waals surface area contributed by atoms with Crippen molar-refractivity contribution in [2.45, 2.75) is 13.2 Å². The minimum absolute atomic E-state index is 0.618. The molecule has 1 aliphatic rings. The van der Waals surface area contributed by atoms with Crippen LogP contribution in [0.2, 0.25) is 0 Å². The Morgan fingerprint density at radius 3 is 3.27 bits per heavy atom. The number of hydrogen-bond donors (Lipinski definition) is 1. The Morgan fingerprint density at radius 1 is 1.55 bits per heavy atom. The van der Waals surface area contributed by atoms with Crippen LogP contribution in [0.4, 0.5) is 0 Å². The first-order valence-corrected chi connectivity index (χ1v) is 3.78. The predicted octanol–water partition coefficient (Wildman–Crippen LogP) is -0.348. The first kappa shape index (κ1) is 6.89. The summed E-state index contributed by atoms with van der Waals surface area (Å²) < 4.78 is 5.27. The highest BCUT2D eigenvalue weighted by Gasteiger charge is 2.11. The Labute approximate surface area is 66.6 Å². The van der Waals surface area contributed by atoms with Gasteiger partial charge in [-0.1, -0.05) is 18.2 Å². The smallest absolute Gasteiger partial charge is 0.309 e. The Kier molecular flexibility index (Phi) is 1.68. The fraction of sp³-hybridized carbons (Fsp3) is 0.250. The average molecular weight is 147 g/mol. The lowest BCUT2D eigenvalue weighted by molar-refractivity contribution is 0.345. The summed E-state index contributed by atoms with van der Waals surface area (Å²) in [5, 5.41) is 0. The van der Waals surface area contributed by atoms with Gasteiger partial charge in [0.15, 0.2) is 0 Å². The average Bonchev–Trinajstić information content (AvgIpc) is 2.50. The first-order valence-electron chi connectivity index (χ1n) is 3.78. The van der Waals surface area contributed by atoms with E-state index in [-0.39, 0.29) is 0 Å². The lowest BCUT2D eigenvalue weighted by Crippen LogP contribution is -2.11. The van der Waals surface area contributed by atoms with Crippen molar-refractivity contribution >= 4 is 12.9 Å². The van der Waals surface area contributed by atoms with Gasteiger partial charge < -0.3 is 10.4 Å². The molecular formula is C8H10BNO. The zero-order valence-electron chi connectivity index (χ0n) is 6.34. The van der Waals surface area contributed by atoms with Gasteiger partial charge in [-0.05, 0) is 16.6 Å². The molecule has 0 spiro atoms. The highest BCUT2D eigenvalue weighted by molar-refractivity contribution is 6.48. The van der Waals surface area contributed by atoms with Gasteiger partial charge in [0.05, 0.1) is 6.61 Å². The molecule has 0 radical (unpaired) electrons. The van der Waals surface area contributed by atoms with Gasteiger partial charge in [-0.3, -0.25) is 0 Å². The van der Waals surface area contributed by atoms with Crippen molar-refractivity contribution in [3.05, 3.63) is 29.3 Å². The maximum atomic E-state index is 5.50. The Bertz CT molecular complexity index is 275. The molecule has 1 aromatic rings. The normalized spacial score (nSPS) is 14.3. The van der Waals surface area contributed by atoms with E-state index in [1.165, 1.54) is 16.6 Å². The fourth-order valence-corrected chi connectivity index (χ4v) is 1.35. The molecule has 0 bridgehead atoms. The molecule has 2 nitrogen and oxygen atoms in total. The van der Waals surface area contributed by atoms with Crippen LogP contribution >= 0.6 is 0 Å². The molecule has 0 aliphatic carbocycles. The van der Waals surface area contributed by atoms with E-state index < -0.39 is 0 Å². The van der Waals surface area contributed by atoms with Gasteiger partial charge in [0.25, 0.3) is 0 Å². The first-order chi connectivity index (χ1) is 5.40. The summed E-state index contributed by atoms with van der Waals surface area (Å²) in [7, 11) is 0.764. The molecule has 0 aromatic heterocycles. The zero-order valence-corrected chi connectivity index (χ0v) is 6.34. The molecule has 1 aliphatic heterocycles. The van der Waals surface area contributed by atoms with Crippen LogP contribution in [0, 0.1) is 0 Å². The summed E-state index contributed by atoms with van der Waals surface area (Å²) in [6.07, 6.45) is 0. The van der Waals surface area contributed by atoms with Gasteiger partial charge in [-0.25, -0.2) is 0 Å². The molecule has 0 fully saturated rings. The molecule has 2 rings (SSSR count). The highest BCUT2D eigenvalue weighted by atomic mass is 16.4. The van der Waals surface area contributed by atoms with Crippen molar-refractivity contribution in [3.63, 3.8) is 0 Å². The quantitative estimate of drug-likeness (QED) is 0.551. The number of nitrogens with two attached hydrogens (primary N) is 1. The number of fused-ring (bicyclic) bond motifs is 1. The third kappa shape index (κ3) is 1.17. The molecule has 1 heterocycles. The lowest BCUT2D eigenvalue weighted by atomic mass is 9.87. The van der Waals surface area contributed by atoms with E-state index in [0.717, 1.165) is 14.1 Å². The van der Waals surface area contributed by atoms with E-state index in [2.05, 4.69) is 18.2 Å². The monoisotopic (exact) mass is 147 g/mol. The molecule has 0 amide bonds. The second-order valence-corrected chi connectivity index (χ2v) is 2.80. The summed E-state index contributed by atoms with van der Waals surface area (Å²) in [5.41, 5.74) is 9.30. The van der Waals surface area contributed by atoms with Crippen LogP contribution in [0.25, 0.3) is 0 Å². The Morgan fingerprint density at radius 2 is 2.45 bits per heavy atom. The topological polar surface area (TPSA) is 35.2 Å². The minimum atomic E-state index is 0.618. The van der Waals surface area contributed by atoms with Crippen molar-refractivity contribution in [3.8, 4) is 0 Å². The molecule has 0 atom stereocenters. The molecule has 3 heteroatoms. The lowest BCUT2D eigenvalue weighted by Gasteiger charge is -1.99. The zero-order chi connectivity index (χ0) is 7.68. The highest BCUT2D eigenvalue weighted by Crippen LogP contribution is 2.07. The summed E-state index contributed by atoms with van der Waals surface area (Å²) >= 11 is 0. The standard InChI is InChI=1S/C8H10BNO/c10-4-6-1-2-8-7(3-6)5-11-9-8/h1-3,9H,4-5,10H2. The number of benzene rings is 1. The van der Waals surface area contributed by atoms with Crippen LogP contribution in [-0.4, -0.2) is 7.48 Å². The SMILES string of the molecule is NCc1ccc2c(c1)COB2. The van der Waals surface area contributed by atoms with E-state index in [1.807, 2.05) is 0 Å². The maximum Gasteiger partial charge on any atom is 0.309 e. The van der Waals surface area contributed by atoms with Gasteiger partial charge in [0.2, 0.25) is 0 Å². The van der Waals surface area contributed by atoms with E-state index >= 15 is 0 Å². The van der Waals surface area contributed by atoms with Crippen LogP contribution in [-0.2, 0) is 17.8 Å². The van der Waals surface area contributed by atoms with Crippen molar-refractivity contribution in [1.82, 2.24) is 0 Å². The van der Waals surface area contributed by atoms with Gasteiger partial charge in [-0.2, -0.15) is 0 Å². The molecule has 0 saturated carbocycles. The summed E-state index contributed by atoms with van der Waals surface area (Å²) in [6.45, 7) is 1.37. The maximum absolute atomic E-state index is 5.50. The van der Waals surface area contributed by atoms with Crippen LogP contribution in [0.5, 0.6) is 0 Å². The van der Waals surface area contributed by atoms with Gasteiger partial charge in [-0.15, -0.1) is 0 Å². The summed E-state index contributed by atoms with van der Waals surface area (Å²) in [4.78, 5) is 0. The van der Waals surface area contributed by atoms with Crippen molar-refractivity contribution in [1.29, 1.82) is 0 Å². The van der Waals surface area contributed by atoms with Gasteiger partial charge >= 0.3 is 7.48 Å². The molecule has 2 N–H and O–H groups in total. The molecule has 1 aromatic carbocycles. The second kappa shape index (κ2) is 2.68. The molecule has 0 saturated heterocycles. The largest absolute Gasteiger partial charge is 0.430 e. The second-order valence-electron chi connectivity index (χ2n) is 2.80. The molecule has 56 valence electrons. The van der Waals surface area contributed by atoms with E-state index in [4.69, 9.17) is 10.4 Å². The number of rotatable bonds is 1. The minimum Gasteiger partial charge on any atom is -0.430 e. The van der Waals surface area contributed by atoms with Crippen molar-refractivity contribution < 1.29 is 4.65 Å². The third-order valence-electron chi connectivity index (χ3n) is 2.02. The molecular weight excluding hydrogens is 137 g/mol. The molecule has 0 unspecified atom stereocenters. The van der Waals surface area contributed by atoms with E-state index in [1.54, 1.807) is 0 Å². The van der Waals surface area contributed by atoms with Crippen LogP contribution < -0.4 is 11.2 Å². The van der Waals surface area contributed by atoms with Gasteiger partial charge in [0, 0.05) is 6.54 Å². The summed E-state index contributed by atoms with van der Waals surface area (Å²) in [6, 6.07) is 6.29.